The molecule has 3 heteroatoms. The lowest BCUT2D eigenvalue weighted by atomic mass is 9.59. The molecule has 3 atom stereocenters. The third-order valence-corrected chi connectivity index (χ3v) is 4.49. The molecule has 0 bridgehead atoms. The lowest BCUT2D eigenvalue weighted by Gasteiger charge is -2.47. The van der Waals surface area contributed by atoms with E-state index in [0.29, 0.717) is 0 Å². The molecule has 0 spiro atoms. The molecule has 3 nitrogen and oxygen atoms in total. The summed E-state index contributed by atoms with van der Waals surface area (Å²) in [5.41, 5.74) is 0.00363. The SMILES string of the molecule is CCCC(C)(C)[C@@H](C(O)C(C)N=O)C(C)(C)CC. The number of aliphatic hydroxyl groups excluding tert-OH is 1. The maximum Gasteiger partial charge on any atom is 0.115 e. The molecular weight excluding hydrogens is 226 g/mol. The van der Waals surface area contributed by atoms with E-state index in [-0.39, 0.29) is 16.7 Å². The van der Waals surface area contributed by atoms with Crippen molar-refractivity contribution in [2.45, 2.75) is 79.9 Å². The quantitative estimate of drug-likeness (QED) is 0.656. The molecule has 0 aromatic carbocycles. The maximum absolute atomic E-state index is 10.7. The van der Waals surface area contributed by atoms with Crippen LogP contribution in [0.1, 0.15) is 67.7 Å². The fourth-order valence-electron chi connectivity index (χ4n) is 3.34. The number of nitroso groups, excluding NO2 is 1. The average Bonchev–Trinajstić information content (AvgIpc) is 2.27. The Morgan fingerprint density at radius 1 is 1.11 bits per heavy atom. The van der Waals surface area contributed by atoms with Crippen molar-refractivity contribution < 1.29 is 5.11 Å². The Balaban J connectivity index is 5.37. The molecule has 0 rings (SSSR count). The van der Waals surface area contributed by atoms with Crippen LogP contribution in [0.25, 0.3) is 0 Å². The molecule has 0 aromatic heterocycles. The van der Waals surface area contributed by atoms with E-state index >= 15 is 0 Å². The fraction of sp³-hybridized carbons (Fsp3) is 1.00. The van der Waals surface area contributed by atoms with Gasteiger partial charge in [-0.15, -0.1) is 0 Å². The van der Waals surface area contributed by atoms with Gasteiger partial charge in [0.2, 0.25) is 0 Å². The van der Waals surface area contributed by atoms with Gasteiger partial charge in [-0.05, 0) is 30.1 Å². The summed E-state index contributed by atoms with van der Waals surface area (Å²) in [7, 11) is 0. The average molecular weight is 257 g/mol. The molecule has 0 aromatic rings. The third-order valence-electron chi connectivity index (χ3n) is 4.49. The fourth-order valence-corrected chi connectivity index (χ4v) is 3.34. The first-order valence-corrected chi connectivity index (χ1v) is 7.14. The topological polar surface area (TPSA) is 49.7 Å². The van der Waals surface area contributed by atoms with Gasteiger partial charge in [-0.2, -0.15) is 4.91 Å². The molecule has 0 fully saturated rings. The van der Waals surface area contributed by atoms with Crippen LogP contribution in [0.15, 0.2) is 5.18 Å². The smallest absolute Gasteiger partial charge is 0.115 e. The second-order valence-electron chi connectivity index (χ2n) is 6.89. The Labute approximate surface area is 112 Å². The summed E-state index contributed by atoms with van der Waals surface area (Å²) in [4.78, 5) is 10.7. The van der Waals surface area contributed by atoms with Gasteiger partial charge in [-0.25, -0.2) is 0 Å². The van der Waals surface area contributed by atoms with Crippen LogP contribution in [-0.2, 0) is 0 Å². The number of hydrogen-bond acceptors (Lipinski definition) is 3. The molecule has 1 N–H and O–H groups in total. The zero-order chi connectivity index (χ0) is 14.6. The molecule has 0 aliphatic carbocycles. The van der Waals surface area contributed by atoms with E-state index in [0.717, 1.165) is 19.3 Å². The van der Waals surface area contributed by atoms with Crippen LogP contribution < -0.4 is 0 Å². The summed E-state index contributed by atoms with van der Waals surface area (Å²) < 4.78 is 0. The first kappa shape index (κ1) is 17.6. The zero-order valence-corrected chi connectivity index (χ0v) is 13.2. The van der Waals surface area contributed by atoms with E-state index in [9.17, 15) is 10.0 Å². The van der Waals surface area contributed by atoms with Gasteiger partial charge in [0.05, 0.1) is 6.10 Å². The standard InChI is InChI=1S/C15H31NO2/c1-8-10-15(6,7)13(14(4,5)9-2)12(17)11(3)16-18/h11-13,17H,8-10H2,1-7H3/t11?,12?,13-/m0/s1. The Morgan fingerprint density at radius 3 is 1.94 bits per heavy atom. The minimum absolute atomic E-state index is 0.00294. The summed E-state index contributed by atoms with van der Waals surface area (Å²) in [6, 6.07) is -0.544. The predicted octanol–water partition coefficient (Wildman–Crippen LogP) is 4.38. The molecule has 0 aliphatic heterocycles. The molecular formula is C15H31NO2. The van der Waals surface area contributed by atoms with Crippen molar-refractivity contribution in [2.24, 2.45) is 21.9 Å². The van der Waals surface area contributed by atoms with Gasteiger partial charge in [0.15, 0.2) is 0 Å². The predicted molar refractivity (Wildman–Crippen MR) is 77.5 cm³/mol. The van der Waals surface area contributed by atoms with Crippen LogP contribution in [0, 0.1) is 21.7 Å². The van der Waals surface area contributed by atoms with Gasteiger partial charge >= 0.3 is 0 Å². The van der Waals surface area contributed by atoms with Gasteiger partial charge in [0.1, 0.15) is 6.04 Å². The summed E-state index contributed by atoms with van der Waals surface area (Å²) in [6.45, 7) is 14.7. The number of nitrogens with zero attached hydrogens (tertiary/aromatic N) is 1. The van der Waals surface area contributed by atoms with Gasteiger partial charge in [0.25, 0.3) is 0 Å². The summed E-state index contributed by atoms with van der Waals surface area (Å²) in [5.74, 6) is 0.0719. The minimum atomic E-state index is -0.668. The van der Waals surface area contributed by atoms with Gasteiger partial charge < -0.3 is 5.11 Å². The van der Waals surface area contributed by atoms with E-state index in [1.165, 1.54) is 0 Å². The van der Waals surface area contributed by atoms with Crippen LogP contribution in [0.3, 0.4) is 0 Å². The van der Waals surface area contributed by atoms with Crippen molar-refractivity contribution in [3.05, 3.63) is 4.91 Å². The van der Waals surface area contributed by atoms with Crippen LogP contribution in [0.4, 0.5) is 0 Å². The van der Waals surface area contributed by atoms with Crippen molar-refractivity contribution in [1.82, 2.24) is 0 Å². The molecule has 0 radical (unpaired) electrons. The highest BCUT2D eigenvalue weighted by Gasteiger charge is 2.45. The van der Waals surface area contributed by atoms with Crippen molar-refractivity contribution in [1.29, 1.82) is 0 Å². The lowest BCUT2D eigenvalue weighted by molar-refractivity contribution is -0.0546. The van der Waals surface area contributed by atoms with Crippen LogP contribution in [-0.4, -0.2) is 17.3 Å². The summed E-state index contributed by atoms with van der Waals surface area (Å²) in [5, 5.41) is 13.5. The molecule has 0 heterocycles. The normalized spacial score (nSPS) is 18.2. The second kappa shape index (κ2) is 6.65. The van der Waals surface area contributed by atoms with Crippen molar-refractivity contribution >= 4 is 0 Å². The molecule has 2 unspecified atom stereocenters. The van der Waals surface area contributed by atoms with Crippen LogP contribution >= 0.6 is 0 Å². The number of rotatable bonds is 8. The van der Waals surface area contributed by atoms with Crippen LogP contribution in [0.5, 0.6) is 0 Å². The number of hydrogen-bond donors (Lipinski definition) is 1. The van der Waals surface area contributed by atoms with Crippen molar-refractivity contribution in [3.8, 4) is 0 Å². The highest BCUT2D eigenvalue weighted by molar-refractivity contribution is 4.95. The zero-order valence-electron chi connectivity index (χ0n) is 13.2. The monoisotopic (exact) mass is 257 g/mol. The maximum atomic E-state index is 10.7. The molecule has 0 saturated heterocycles. The van der Waals surface area contributed by atoms with E-state index in [1.807, 2.05) is 0 Å². The van der Waals surface area contributed by atoms with E-state index in [1.54, 1.807) is 6.92 Å². The molecule has 108 valence electrons. The Bertz CT molecular complexity index is 261. The van der Waals surface area contributed by atoms with Crippen molar-refractivity contribution in [3.63, 3.8) is 0 Å². The minimum Gasteiger partial charge on any atom is -0.390 e. The van der Waals surface area contributed by atoms with Gasteiger partial charge in [0, 0.05) is 0 Å². The highest BCUT2D eigenvalue weighted by atomic mass is 16.3. The first-order chi connectivity index (χ1) is 8.14. The Morgan fingerprint density at radius 2 is 1.61 bits per heavy atom. The Hall–Kier alpha value is -0.440. The summed E-state index contributed by atoms with van der Waals surface area (Å²) >= 11 is 0. The summed E-state index contributed by atoms with van der Waals surface area (Å²) in [6.07, 6.45) is 2.44. The number of aliphatic hydroxyl groups is 1. The first-order valence-electron chi connectivity index (χ1n) is 7.14. The van der Waals surface area contributed by atoms with Gasteiger partial charge in [-0.3, -0.25) is 0 Å². The molecule has 0 saturated carbocycles. The van der Waals surface area contributed by atoms with E-state index in [4.69, 9.17) is 0 Å². The Kier molecular flexibility index (Phi) is 6.48. The molecule has 0 aliphatic rings. The molecule has 18 heavy (non-hydrogen) atoms. The largest absolute Gasteiger partial charge is 0.390 e. The van der Waals surface area contributed by atoms with E-state index < -0.39 is 12.1 Å². The van der Waals surface area contributed by atoms with E-state index in [2.05, 4.69) is 46.7 Å². The molecule has 0 amide bonds. The third kappa shape index (κ3) is 4.04. The van der Waals surface area contributed by atoms with Crippen LogP contribution in [0.2, 0.25) is 0 Å². The van der Waals surface area contributed by atoms with Crippen molar-refractivity contribution in [2.75, 3.05) is 0 Å². The lowest BCUT2D eigenvalue weighted by Crippen LogP contribution is -2.47. The second-order valence-corrected chi connectivity index (χ2v) is 6.89. The highest BCUT2D eigenvalue weighted by Crippen LogP contribution is 2.47. The van der Waals surface area contributed by atoms with Gasteiger partial charge in [-0.1, -0.05) is 59.6 Å².